The van der Waals surface area contributed by atoms with Gasteiger partial charge < -0.3 is 14.3 Å². The van der Waals surface area contributed by atoms with Crippen molar-refractivity contribution in [2.75, 3.05) is 39.6 Å². The Morgan fingerprint density at radius 1 is 1.29 bits per heavy atom. The predicted octanol–water partition coefficient (Wildman–Crippen LogP) is 2.02. The van der Waals surface area contributed by atoms with Crippen LogP contribution >= 0.6 is 11.6 Å². The molecule has 1 aromatic carbocycles. The molecular formula is C17H22ClN5O4S. The number of halogens is 1. The van der Waals surface area contributed by atoms with Gasteiger partial charge in [-0.25, -0.2) is 12.7 Å². The van der Waals surface area contributed by atoms with E-state index in [-0.39, 0.29) is 27.4 Å². The molecule has 2 aromatic rings. The molecule has 1 aliphatic rings. The van der Waals surface area contributed by atoms with E-state index < -0.39 is 10.0 Å². The molecule has 0 bridgehead atoms. The van der Waals surface area contributed by atoms with Gasteiger partial charge in [0.1, 0.15) is 6.04 Å². The Kier molecular flexibility index (Phi) is 5.64. The number of hydrogen-bond donors (Lipinski definition) is 0. The zero-order valence-electron chi connectivity index (χ0n) is 16.1. The van der Waals surface area contributed by atoms with Gasteiger partial charge in [-0.2, -0.15) is 4.98 Å². The molecule has 1 aromatic heterocycles. The van der Waals surface area contributed by atoms with Crippen LogP contribution in [-0.2, 0) is 10.0 Å². The smallest absolute Gasteiger partial charge is 0.265 e. The highest BCUT2D eigenvalue weighted by atomic mass is 35.5. The summed E-state index contributed by atoms with van der Waals surface area (Å²) in [6.07, 6.45) is 1.44. The van der Waals surface area contributed by atoms with Gasteiger partial charge in [-0.05, 0) is 36.2 Å². The second kappa shape index (κ2) is 7.69. The minimum atomic E-state index is -3.69. The fourth-order valence-corrected chi connectivity index (χ4v) is 4.13. The van der Waals surface area contributed by atoms with Gasteiger partial charge in [-0.1, -0.05) is 11.6 Å². The largest absolute Gasteiger partial charge is 0.344 e. The van der Waals surface area contributed by atoms with E-state index in [0.717, 1.165) is 10.7 Å². The molecule has 1 atom stereocenters. The van der Waals surface area contributed by atoms with Gasteiger partial charge in [-0.15, -0.1) is 0 Å². The van der Waals surface area contributed by atoms with Crippen molar-refractivity contribution in [3.8, 4) is 0 Å². The van der Waals surface area contributed by atoms with Crippen molar-refractivity contribution in [3.63, 3.8) is 0 Å². The summed E-state index contributed by atoms with van der Waals surface area (Å²) >= 11 is 6.22. The molecule has 9 nitrogen and oxygen atoms in total. The summed E-state index contributed by atoms with van der Waals surface area (Å²) in [4.78, 5) is 20.8. The van der Waals surface area contributed by atoms with Crippen molar-refractivity contribution in [1.82, 2.24) is 19.3 Å². The molecule has 0 radical (unpaired) electrons. The Balaban J connectivity index is 1.94. The van der Waals surface area contributed by atoms with Crippen LogP contribution in [0.1, 0.15) is 35.1 Å². The van der Waals surface area contributed by atoms with Crippen LogP contribution in [0.15, 0.2) is 27.6 Å². The number of benzene rings is 1. The van der Waals surface area contributed by atoms with E-state index in [2.05, 4.69) is 10.1 Å². The lowest BCUT2D eigenvalue weighted by molar-refractivity contribution is 0.0710. The Hall–Kier alpha value is -2.17. The number of likely N-dealkylation sites (tertiary alicyclic amines) is 1. The van der Waals surface area contributed by atoms with Crippen molar-refractivity contribution in [1.29, 1.82) is 0 Å². The zero-order valence-corrected chi connectivity index (χ0v) is 17.7. The van der Waals surface area contributed by atoms with Crippen LogP contribution in [0.5, 0.6) is 0 Å². The molecule has 1 amide bonds. The number of sulfonamides is 1. The van der Waals surface area contributed by atoms with Crippen molar-refractivity contribution in [3.05, 3.63) is 34.7 Å². The Morgan fingerprint density at radius 2 is 2.00 bits per heavy atom. The van der Waals surface area contributed by atoms with E-state index in [4.69, 9.17) is 16.1 Å². The van der Waals surface area contributed by atoms with Crippen LogP contribution in [0.2, 0.25) is 5.02 Å². The maximum Gasteiger partial charge on any atom is 0.265 e. The van der Waals surface area contributed by atoms with Crippen molar-refractivity contribution >= 4 is 33.5 Å². The molecule has 11 heteroatoms. The molecule has 0 spiro atoms. The predicted molar refractivity (Wildman–Crippen MR) is 104 cm³/mol. The first-order chi connectivity index (χ1) is 13.1. The Labute approximate surface area is 168 Å². The normalized spacial score (nSPS) is 17.4. The number of aromatic nitrogens is 2. The number of carbonyl (C=O) groups is 1. The lowest BCUT2D eigenvalue weighted by Gasteiger charge is -2.23. The van der Waals surface area contributed by atoms with Crippen LogP contribution in [0, 0.1) is 0 Å². The molecule has 1 saturated heterocycles. The quantitative estimate of drug-likeness (QED) is 0.719. The molecule has 0 N–H and O–H groups in total. The van der Waals surface area contributed by atoms with Gasteiger partial charge in [0.15, 0.2) is 0 Å². The second-order valence-corrected chi connectivity index (χ2v) is 9.47. The van der Waals surface area contributed by atoms with Crippen molar-refractivity contribution in [2.24, 2.45) is 0 Å². The molecule has 152 valence electrons. The van der Waals surface area contributed by atoms with Crippen LogP contribution in [0.3, 0.4) is 0 Å². The summed E-state index contributed by atoms with van der Waals surface area (Å²) in [5, 5.41) is 4.09. The Bertz CT molecular complexity index is 989. The molecule has 0 saturated carbocycles. The summed E-state index contributed by atoms with van der Waals surface area (Å²) in [6.45, 7) is 0.490. The zero-order chi connectivity index (χ0) is 20.6. The number of hydrogen-bond acceptors (Lipinski definition) is 7. The highest BCUT2D eigenvalue weighted by Gasteiger charge is 2.36. The second-order valence-electron chi connectivity index (χ2n) is 6.91. The molecule has 1 unspecified atom stereocenters. The molecule has 28 heavy (non-hydrogen) atoms. The Morgan fingerprint density at radius 3 is 2.61 bits per heavy atom. The van der Waals surface area contributed by atoms with Gasteiger partial charge in [-0.3, -0.25) is 4.79 Å². The topological polar surface area (TPSA) is 99.8 Å². The molecule has 3 rings (SSSR count). The average molecular weight is 428 g/mol. The van der Waals surface area contributed by atoms with Crippen molar-refractivity contribution in [2.45, 2.75) is 23.8 Å². The number of carbonyl (C=O) groups excluding carboxylic acids is 1. The van der Waals surface area contributed by atoms with E-state index in [1.165, 1.54) is 32.3 Å². The molecule has 2 heterocycles. The molecule has 0 aliphatic carbocycles. The number of nitrogens with zero attached hydrogens (tertiary/aromatic N) is 5. The first kappa shape index (κ1) is 20.6. The summed E-state index contributed by atoms with van der Waals surface area (Å²) in [5.41, 5.74) is 0.129. The maximum atomic E-state index is 13.2. The SMILES string of the molecule is CN(C)c1noc(C2CCCN2C(=O)c2cc(S(=O)(=O)N(C)C)ccc2Cl)n1. The summed E-state index contributed by atoms with van der Waals surface area (Å²) in [6, 6.07) is 3.75. The number of anilines is 1. The third-order valence-corrected chi connectivity index (χ3v) is 6.72. The van der Waals surface area contributed by atoms with Gasteiger partial charge in [0.05, 0.1) is 15.5 Å². The molecular weight excluding hydrogens is 406 g/mol. The fourth-order valence-electron chi connectivity index (χ4n) is 3.00. The van der Waals surface area contributed by atoms with Crippen LogP contribution in [-0.4, -0.2) is 68.4 Å². The van der Waals surface area contributed by atoms with E-state index in [1.807, 2.05) is 0 Å². The van der Waals surface area contributed by atoms with Crippen LogP contribution < -0.4 is 4.90 Å². The van der Waals surface area contributed by atoms with Crippen LogP contribution in [0.25, 0.3) is 0 Å². The monoisotopic (exact) mass is 427 g/mol. The fraction of sp³-hybridized carbons (Fsp3) is 0.471. The van der Waals surface area contributed by atoms with Gasteiger partial charge in [0, 0.05) is 34.7 Å². The first-order valence-electron chi connectivity index (χ1n) is 8.67. The van der Waals surface area contributed by atoms with Gasteiger partial charge >= 0.3 is 0 Å². The minimum absolute atomic E-state index is 0.00804. The lowest BCUT2D eigenvalue weighted by atomic mass is 10.1. The average Bonchev–Trinajstić information content (AvgIpc) is 3.30. The van der Waals surface area contributed by atoms with Gasteiger partial charge in [0.2, 0.25) is 10.0 Å². The third-order valence-electron chi connectivity index (χ3n) is 4.58. The van der Waals surface area contributed by atoms with Crippen molar-refractivity contribution < 1.29 is 17.7 Å². The van der Waals surface area contributed by atoms with Gasteiger partial charge in [0.25, 0.3) is 17.7 Å². The first-order valence-corrected chi connectivity index (χ1v) is 10.5. The van der Waals surface area contributed by atoms with E-state index in [0.29, 0.717) is 24.8 Å². The summed E-state index contributed by atoms with van der Waals surface area (Å²) in [7, 11) is 2.76. The van der Waals surface area contributed by atoms with E-state index in [1.54, 1.807) is 23.9 Å². The van der Waals surface area contributed by atoms with E-state index in [9.17, 15) is 13.2 Å². The highest BCUT2D eigenvalue weighted by molar-refractivity contribution is 7.89. The molecule has 1 fully saturated rings. The van der Waals surface area contributed by atoms with Crippen LogP contribution in [0.4, 0.5) is 5.95 Å². The lowest BCUT2D eigenvalue weighted by Crippen LogP contribution is -2.31. The highest BCUT2D eigenvalue weighted by Crippen LogP contribution is 2.34. The minimum Gasteiger partial charge on any atom is -0.344 e. The van der Waals surface area contributed by atoms with E-state index >= 15 is 0 Å². The summed E-state index contributed by atoms with van der Waals surface area (Å²) < 4.78 is 31.2. The standard InChI is InChI=1S/C17H22ClN5O4S/c1-21(2)17-19-15(27-20-17)14-6-5-9-23(14)16(24)12-10-11(7-8-13(12)18)28(25,26)22(3)4/h7-8,10,14H,5-6,9H2,1-4H3. The number of amides is 1. The number of rotatable bonds is 5. The molecule has 1 aliphatic heterocycles. The third kappa shape index (κ3) is 3.71. The summed E-state index contributed by atoms with van der Waals surface area (Å²) in [5.74, 6) is 0.405. The maximum absolute atomic E-state index is 13.2.